The summed E-state index contributed by atoms with van der Waals surface area (Å²) >= 11 is 0. The first-order chi connectivity index (χ1) is 10.6. The van der Waals surface area contributed by atoms with Crippen molar-refractivity contribution in [3.63, 3.8) is 0 Å². The van der Waals surface area contributed by atoms with Crippen LogP contribution >= 0.6 is 0 Å². The topological polar surface area (TPSA) is 82.4 Å². The van der Waals surface area contributed by atoms with Gasteiger partial charge >= 0.3 is 15.6 Å². The van der Waals surface area contributed by atoms with Crippen LogP contribution < -0.4 is 9.74 Å². The van der Waals surface area contributed by atoms with Gasteiger partial charge in [0, 0.05) is 11.5 Å². The molecule has 0 atom stereocenters. The third-order valence-corrected chi connectivity index (χ3v) is 3.74. The van der Waals surface area contributed by atoms with Gasteiger partial charge in [-0.3, -0.25) is 4.79 Å². The summed E-state index contributed by atoms with van der Waals surface area (Å²) in [7, 11) is -6.01. The maximum absolute atomic E-state index is 13.3. The summed E-state index contributed by atoms with van der Waals surface area (Å²) in [5, 5.41) is -0.277. The van der Waals surface area contributed by atoms with Crippen molar-refractivity contribution in [1.82, 2.24) is 4.57 Å². The number of aldehydes is 1. The number of rotatable bonds is 4. The summed E-state index contributed by atoms with van der Waals surface area (Å²) in [5.41, 5.74) is -7.00. The van der Waals surface area contributed by atoms with Gasteiger partial charge in [0.2, 0.25) is 0 Å². The molecule has 0 unspecified atom stereocenters. The van der Waals surface area contributed by atoms with Crippen LogP contribution in [0.2, 0.25) is 0 Å². The summed E-state index contributed by atoms with van der Waals surface area (Å²) < 4.78 is 77.3. The average Bonchev–Trinajstić information content (AvgIpc) is 2.41. The van der Waals surface area contributed by atoms with Crippen molar-refractivity contribution in [2.24, 2.45) is 0 Å². The van der Waals surface area contributed by atoms with Gasteiger partial charge in [0.25, 0.3) is 5.56 Å². The molecule has 2 aromatic rings. The fourth-order valence-electron chi connectivity index (χ4n) is 1.82. The van der Waals surface area contributed by atoms with E-state index in [4.69, 9.17) is 0 Å². The molecular formula is C12H7F4NO5S. The summed E-state index contributed by atoms with van der Waals surface area (Å²) in [6.45, 7) is -0.495. The van der Waals surface area contributed by atoms with E-state index in [9.17, 15) is 35.6 Å². The Balaban J connectivity index is 2.75. The minimum absolute atomic E-state index is 0.277. The molecule has 1 aromatic carbocycles. The fraction of sp³-hybridized carbons (Fsp3) is 0.167. The number of fused-ring (bicyclic) bond motifs is 1. The summed E-state index contributed by atoms with van der Waals surface area (Å²) in [6, 6.07) is 3.03. The third kappa shape index (κ3) is 3.18. The Morgan fingerprint density at radius 2 is 1.87 bits per heavy atom. The first-order valence-corrected chi connectivity index (χ1v) is 7.25. The van der Waals surface area contributed by atoms with E-state index in [1.54, 1.807) is 0 Å². The predicted octanol–water partition coefficient (Wildman–Crippen LogP) is 1.57. The van der Waals surface area contributed by atoms with Crippen LogP contribution in [0.25, 0.3) is 10.9 Å². The zero-order chi connectivity index (χ0) is 17.4. The third-order valence-electron chi connectivity index (χ3n) is 2.78. The Hall–Kier alpha value is -2.43. The minimum Gasteiger partial charge on any atom is -0.375 e. The van der Waals surface area contributed by atoms with E-state index in [1.165, 1.54) is 0 Å². The molecule has 11 heteroatoms. The number of aromatic nitrogens is 1. The molecule has 124 valence electrons. The van der Waals surface area contributed by atoms with Crippen molar-refractivity contribution in [2.45, 2.75) is 12.1 Å². The van der Waals surface area contributed by atoms with Gasteiger partial charge in [0.15, 0.2) is 5.75 Å². The predicted molar refractivity (Wildman–Crippen MR) is 69.8 cm³/mol. The lowest BCUT2D eigenvalue weighted by atomic mass is 10.2. The van der Waals surface area contributed by atoms with Crippen LogP contribution in [-0.2, 0) is 21.5 Å². The second-order valence-electron chi connectivity index (χ2n) is 4.27. The van der Waals surface area contributed by atoms with E-state index in [-0.39, 0.29) is 10.9 Å². The van der Waals surface area contributed by atoms with Gasteiger partial charge in [-0.15, -0.1) is 0 Å². The van der Waals surface area contributed by atoms with Crippen LogP contribution in [0.15, 0.2) is 29.1 Å². The van der Waals surface area contributed by atoms with E-state index < -0.39 is 39.3 Å². The molecular weight excluding hydrogens is 346 g/mol. The summed E-state index contributed by atoms with van der Waals surface area (Å²) in [5.74, 6) is -1.75. The zero-order valence-corrected chi connectivity index (χ0v) is 11.8. The lowest BCUT2D eigenvalue weighted by Crippen LogP contribution is -2.29. The number of hydrogen-bond donors (Lipinski definition) is 0. The Labute approximate surface area is 126 Å². The number of pyridine rings is 1. The van der Waals surface area contributed by atoms with Crippen LogP contribution in [-0.4, -0.2) is 24.8 Å². The number of halogens is 4. The number of carbonyl (C=O) groups excluding carboxylic acids is 1. The molecule has 1 aromatic heterocycles. The Morgan fingerprint density at radius 3 is 2.43 bits per heavy atom. The van der Waals surface area contributed by atoms with Gasteiger partial charge in [-0.25, -0.2) is 4.39 Å². The van der Waals surface area contributed by atoms with Gasteiger partial charge < -0.3 is 13.5 Å². The van der Waals surface area contributed by atoms with Crippen molar-refractivity contribution in [1.29, 1.82) is 0 Å². The molecule has 6 nitrogen and oxygen atoms in total. The zero-order valence-electron chi connectivity index (χ0n) is 11.0. The average molecular weight is 353 g/mol. The molecule has 0 saturated heterocycles. The highest BCUT2D eigenvalue weighted by molar-refractivity contribution is 7.88. The molecule has 0 fully saturated rings. The van der Waals surface area contributed by atoms with Gasteiger partial charge in [-0.1, -0.05) is 0 Å². The first-order valence-electron chi connectivity index (χ1n) is 5.84. The highest BCUT2D eigenvalue weighted by Crippen LogP contribution is 2.31. The van der Waals surface area contributed by atoms with Crippen molar-refractivity contribution in [2.75, 3.05) is 0 Å². The fourth-order valence-corrected chi connectivity index (χ4v) is 2.29. The quantitative estimate of drug-likeness (QED) is 0.361. The lowest BCUT2D eigenvalue weighted by Gasteiger charge is -2.13. The molecule has 2 rings (SSSR count). The molecule has 23 heavy (non-hydrogen) atoms. The lowest BCUT2D eigenvalue weighted by molar-refractivity contribution is -0.108. The van der Waals surface area contributed by atoms with E-state index in [2.05, 4.69) is 4.18 Å². The molecule has 0 aliphatic heterocycles. The Kier molecular flexibility index (Phi) is 4.16. The van der Waals surface area contributed by atoms with Crippen LogP contribution in [0.3, 0.4) is 0 Å². The largest absolute Gasteiger partial charge is 0.534 e. The molecule has 0 aliphatic carbocycles. The SMILES string of the molecule is O=CCn1c(=O)cc(OS(=O)(=O)C(F)(F)F)c2ccc(F)cc21. The minimum atomic E-state index is -6.01. The van der Waals surface area contributed by atoms with Gasteiger partial charge in [-0.05, 0) is 18.2 Å². The number of benzene rings is 1. The van der Waals surface area contributed by atoms with Crippen molar-refractivity contribution >= 4 is 27.3 Å². The standard InChI is InChI=1S/C12H7F4NO5S/c13-7-1-2-8-9(5-7)17(3-4-18)11(19)6-10(8)22-23(20,21)12(14,15)16/h1-2,4-6H,3H2. The van der Waals surface area contributed by atoms with Crippen LogP contribution in [0.5, 0.6) is 5.75 Å². The first kappa shape index (κ1) is 16.9. The van der Waals surface area contributed by atoms with E-state index >= 15 is 0 Å². The van der Waals surface area contributed by atoms with Crippen LogP contribution in [0.1, 0.15) is 0 Å². The van der Waals surface area contributed by atoms with Gasteiger partial charge in [0.1, 0.15) is 12.1 Å². The number of alkyl halides is 3. The highest BCUT2D eigenvalue weighted by Gasteiger charge is 2.48. The molecule has 0 radical (unpaired) electrons. The summed E-state index contributed by atoms with van der Waals surface area (Å²) in [4.78, 5) is 22.4. The molecule has 0 bridgehead atoms. The van der Waals surface area contributed by atoms with Gasteiger partial charge in [-0.2, -0.15) is 21.6 Å². The van der Waals surface area contributed by atoms with E-state index in [0.29, 0.717) is 12.4 Å². The van der Waals surface area contributed by atoms with Gasteiger partial charge in [0.05, 0.1) is 12.1 Å². The molecule has 0 N–H and O–H groups in total. The van der Waals surface area contributed by atoms with Crippen LogP contribution in [0.4, 0.5) is 17.6 Å². The normalized spacial score (nSPS) is 12.3. The molecule has 1 heterocycles. The number of hydrogen-bond acceptors (Lipinski definition) is 5. The second-order valence-corrected chi connectivity index (χ2v) is 5.81. The van der Waals surface area contributed by atoms with E-state index in [1.807, 2.05) is 0 Å². The number of nitrogens with zero attached hydrogens (tertiary/aromatic N) is 1. The monoisotopic (exact) mass is 353 g/mol. The Bertz CT molecular complexity index is 933. The maximum Gasteiger partial charge on any atom is 0.534 e. The second kappa shape index (κ2) is 5.65. The van der Waals surface area contributed by atoms with Crippen LogP contribution in [0, 0.1) is 5.82 Å². The molecule has 0 amide bonds. The highest BCUT2D eigenvalue weighted by atomic mass is 32.2. The number of carbonyl (C=O) groups is 1. The maximum atomic E-state index is 13.3. The smallest absolute Gasteiger partial charge is 0.375 e. The van der Waals surface area contributed by atoms with Crippen molar-refractivity contribution in [3.8, 4) is 5.75 Å². The summed E-state index contributed by atoms with van der Waals surface area (Å²) in [6.07, 6.45) is 0.318. The molecule has 0 spiro atoms. The Morgan fingerprint density at radius 1 is 1.22 bits per heavy atom. The van der Waals surface area contributed by atoms with Crippen molar-refractivity contribution < 1.29 is 35.0 Å². The molecule has 0 aliphatic rings. The molecule has 0 saturated carbocycles. The van der Waals surface area contributed by atoms with Crippen molar-refractivity contribution in [3.05, 3.63) is 40.4 Å². The van der Waals surface area contributed by atoms with E-state index in [0.717, 1.165) is 22.8 Å².